The van der Waals surface area contributed by atoms with Crippen LogP contribution < -0.4 is 15.8 Å². The summed E-state index contributed by atoms with van der Waals surface area (Å²) in [4.78, 5) is 0. The molecule has 90 valence electrons. The van der Waals surface area contributed by atoms with Crippen molar-refractivity contribution < 1.29 is 9.84 Å². The predicted octanol–water partition coefficient (Wildman–Crippen LogP) is 1.71. The molecule has 1 rings (SSSR count). The third-order valence-corrected chi connectivity index (χ3v) is 2.44. The maximum absolute atomic E-state index is 8.79. The Kier molecular flexibility index (Phi) is 4.92. The molecule has 0 heterocycles. The van der Waals surface area contributed by atoms with E-state index in [-0.39, 0.29) is 6.61 Å². The van der Waals surface area contributed by atoms with E-state index in [2.05, 4.69) is 12.2 Å². The second-order valence-corrected chi connectivity index (χ2v) is 3.99. The van der Waals surface area contributed by atoms with Gasteiger partial charge in [0.25, 0.3) is 0 Å². The van der Waals surface area contributed by atoms with Crippen LogP contribution in [0.5, 0.6) is 5.75 Å². The minimum Gasteiger partial charge on any atom is -0.497 e. The van der Waals surface area contributed by atoms with Crippen LogP contribution in [0.3, 0.4) is 0 Å². The van der Waals surface area contributed by atoms with Gasteiger partial charge < -0.3 is 20.9 Å². The molecule has 0 radical (unpaired) electrons. The highest BCUT2D eigenvalue weighted by atomic mass is 16.5. The van der Waals surface area contributed by atoms with Crippen LogP contribution >= 0.6 is 0 Å². The van der Waals surface area contributed by atoms with Gasteiger partial charge in [0.1, 0.15) is 5.75 Å². The van der Waals surface area contributed by atoms with Crippen LogP contribution in [-0.2, 0) is 0 Å². The van der Waals surface area contributed by atoms with E-state index in [4.69, 9.17) is 15.6 Å². The summed E-state index contributed by atoms with van der Waals surface area (Å²) in [6.07, 6.45) is 0.798. The molecule has 4 nitrogen and oxygen atoms in total. The van der Waals surface area contributed by atoms with E-state index in [0.717, 1.165) is 24.4 Å². The Morgan fingerprint density at radius 2 is 2.19 bits per heavy atom. The smallest absolute Gasteiger partial charge is 0.122 e. The predicted molar refractivity (Wildman–Crippen MR) is 66.8 cm³/mol. The van der Waals surface area contributed by atoms with Gasteiger partial charge in [-0.2, -0.15) is 0 Å². The third-order valence-electron chi connectivity index (χ3n) is 2.44. The zero-order chi connectivity index (χ0) is 12.0. The summed E-state index contributed by atoms with van der Waals surface area (Å²) in [5.41, 5.74) is 7.36. The molecule has 0 bridgehead atoms. The van der Waals surface area contributed by atoms with Gasteiger partial charge in [-0.05, 0) is 18.4 Å². The van der Waals surface area contributed by atoms with Crippen LogP contribution in [0, 0.1) is 5.92 Å². The SMILES string of the molecule is COc1cc(N)cc(NCC(C)CCO)c1. The molecule has 1 aromatic rings. The highest BCUT2D eigenvalue weighted by Gasteiger charge is 2.02. The summed E-state index contributed by atoms with van der Waals surface area (Å²) in [6.45, 7) is 3.13. The first-order valence-electron chi connectivity index (χ1n) is 5.45. The van der Waals surface area contributed by atoms with Crippen molar-refractivity contribution in [1.82, 2.24) is 0 Å². The molecule has 0 spiro atoms. The molecule has 16 heavy (non-hydrogen) atoms. The Bertz CT molecular complexity index is 329. The molecule has 0 aliphatic carbocycles. The Balaban J connectivity index is 2.56. The number of nitrogens with one attached hydrogen (secondary N) is 1. The van der Waals surface area contributed by atoms with Gasteiger partial charge in [0.05, 0.1) is 7.11 Å². The number of benzene rings is 1. The second kappa shape index (κ2) is 6.23. The molecule has 1 aromatic carbocycles. The lowest BCUT2D eigenvalue weighted by molar-refractivity contribution is 0.266. The fourth-order valence-corrected chi connectivity index (χ4v) is 1.46. The average Bonchev–Trinajstić information content (AvgIpc) is 2.26. The van der Waals surface area contributed by atoms with Crippen LogP contribution in [0.25, 0.3) is 0 Å². The Hall–Kier alpha value is -1.42. The molecule has 4 heteroatoms. The molecule has 0 aromatic heterocycles. The number of hydrogen-bond donors (Lipinski definition) is 3. The largest absolute Gasteiger partial charge is 0.497 e. The lowest BCUT2D eigenvalue weighted by atomic mass is 10.1. The van der Waals surface area contributed by atoms with Crippen molar-refractivity contribution in [3.05, 3.63) is 18.2 Å². The van der Waals surface area contributed by atoms with Gasteiger partial charge in [-0.15, -0.1) is 0 Å². The maximum Gasteiger partial charge on any atom is 0.122 e. The molecule has 1 unspecified atom stereocenters. The van der Waals surface area contributed by atoms with Gasteiger partial charge in [-0.25, -0.2) is 0 Å². The molecule has 0 saturated carbocycles. The van der Waals surface area contributed by atoms with Crippen LogP contribution in [0.2, 0.25) is 0 Å². The summed E-state index contributed by atoms with van der Waals surface area (Å²) >= 11 is 0. The molecular formula is C12H20N2O2. The first-order valence-corrected chi connectivity index (χ1v) is 5.45. The first kappa shape index (κ1) is 12.6. The Morgan fingerprint density at radius 1 is 1.44 bits per heavy atom. The second-order valence-electron chi connectivity index (χ2n) is 3.99. The number of anilines is 2. The number of aliphatic hydroxyl groups excluding tert-OH is 1. The molecule has 4 N–H and O–H groups in total. The number of aliphatic hydroxyl groups is 1. The van der Waals surface area contributed by atoms with Crippen molar-refractivity contribution in [2.45, 2.75) is 13.3 Å². The first-order chi connectivity index (χ1) is 7.65. The summed E-state index contributed by atoms with van der Waals surface area (Å²) in [6, 6.07) is 5.55. The normalized spacial score (nSPS) is 12.2. The number of hydrogen-bond acceptors (Lipinski definition) is 4. The Labute approximate surface area is 96.4 Å². The standard InChI is InChI=1S/C12H20N2O2/c1-9(3-4-15)8-14-11-5-10(13)6-12(7-11)16-2/h5-7,9,14-15H,3-4,8,13H2,1-2H3. The quantitative estimate of drug-likeness (QED) is 0.643. The minimum atomic E-state index is 0.225. The molecular weight excluding hydrogens is 204 g/mol. The van der Waals surface area contributed by atoms with E-state index >= 15 is 0 Å². The minimum absolute atomic E-state index is 0.225. The number of rotatable bonds is 6. The van der Waals surface area contributed by atoms with E-state index in [1.807, 2.05) is 12.1 Å². The van der Waals surface area contributed by atoms with Crippen molar-refractivity contribution >= 4 is 11.4 Å². The van der Waals surface area contributed by atoms with Gasteiger partial charge in [-0.3, -0.25) is 0 Å². The van der Waals surface area contributed by atoms with Gasteiger partial charge in [0, 0.05) is 36.7 Å². The number of nitrogen functional groups attached to an aromatic ring is 1. The average molecular weight is 224 g/mol. The van der Waals surface area contributed by atoms with Gasteiger partial charge in [0.15, 0.2) is 0 Å². The lowest BCUT2D eigenvalue weighted by Gasteiger charge is -2.13. The fraction of sp³-hybridized carbons (Fsp3) is 0.500. The topological polar surface area (TPSA) is 67.5 Å². The van der Waals surface area contributed by atoms with Crippen LogP contribution in [0.15, 0.2) is 18.2 Å². The van der Waals surface area contributed by atoms with Crippen LogP contribution in [0.4, 0.5) is 11.4 Å². The highest BCUT2D eigenvalue weighted by Crippen LogP contribution is 2.22. The Morgan fingerprint density at radius 3 is 2.81 bits per heavy atom. The highest BCUT2D eigenvalue weighted by molar-refractivity contribution is 5.59. The van der Waals surface area contributed by atoms with Gasteiger partial charge >= 0.3 is 0 Å². The zero-order valence-corrected chi connectivity index (χ0v) is 9.86. The molecule has 0 saturated heterocycles. The van der Waals surface area contributed by atoms with E-state index in [1.165, 1.54) is 0 Å². The number of nitrogens with two attached hydrogens (primary N) is 1. The van der Waals surface area contributed by atoms with Gasteiger partial charge in [-0.1, -0.05) is 6.92 Å². The molecule has 0 amide bonds. The van der Waals surface area contributed by atoms with Gasteiger partial charge in [0.2, 0.25) is 0 Å². The van der Waals surface area contributed by atoms with E-state index in [9.17, 15) is 0 Å². The molecule has 1 atom stereocenters. The van der Waals surface area contributed by atoms with Crippen molar-refractivity contribution in [1.29, 1.82) is 0 Å². The fourth-order valence-electron chi connectivity index (χ4n) is 1.46. The lowest BCUT2D eigenvalue weighted by Crippen LogP contribution is -2.12. The van der Waals surface area contributed by atoms with Crippen molar-refractivity contribution in [2.75, 3.05) is 31.3 Å². The molecule has 0 aliphatic rings. The third kappa shape index (κ3) is 3.98. The van der Waals surface area contributed by atoms with E-state index in [0.29, 0.717) is 11.6 Å². The van der Waals surface area contributed by atoms with Crippen LogP contribution in [0.1, 0.15) is 13.3 Å². The summed E-state index contributed by atoms with van der Waals surface area (Å²) in [5, 5.41) is 12.1. The molecule has 0 aliphatic heterocycles. The summed E-state index contributed by atoms with van der Waals surface area (Å²) in [7, 11) is 1.62. The van der Waals surface area contributed by atoms with Crippen LogP contribution in [-0.4, -0.2) is 25.4 Å². The number of ether oxygens (including phenoxy) is 1. The van der Waals surface area contributed by atoms with Crippen molar-refractivity contribution in [3.63, 3.8) is 0 Å². The number of methoxy groups -OCH3 is 1. The van der Waals surface area contributed by atoms with E-state index in [1.54, 1.807) is 13.2 Å². The van der Waals surface area contributed by atoms with Crippen molar-refractivity contribution in [3.8, 4) is 5.75 Å². The molecule has 0 fully saturated rings. The monoisotopic (exact) mass is 224 g/mol. The summed E-state index contributed by atoms with van der Waals surface area (Å²) in [5.74, 6) is 1.18. The maximum atomic E-state index is 8.79. The summed E-state index contributed by atoms with van der Waals surface area (Å²) < 4.78 is 5.13. The van der Waals surface area contributed by atoms with E-state index < -0.39 is 0 Å². The zero-order valence-electron chi connectivity index (χ0n) is 9.86. The van der Waals surface area contributed by atoms with Crippen molar-refractivity contribution in [2.24, 2.45) is 5.92 Å².